The molecule has 0 saturated carbocycles. The molecule has 0 aliphatic heterocycles. The van der Waals surface area contributed by atoms with Gasteiger partial charge < -0.3 is 39.6 Å². The second-order valence-electron chi connectivity index (χ2n) is 12.7. The Morgan fingerprint density at radius 2 is 1.54 bits per heavy atom. The van der Waals surface area contributed by atoms with E-state index in [1.807, 2.05) is 30.3 Å². The fourth-order valence-electron chi connectivity index (χ4n) is 6.59. The van der Waals surface area contributed by atoms with Crippen LogP contribution in [0.3, 0.4) is 0 Å². The third kappa shape index (κ3) is 8.80. The molecule has 3 aromatic carbocycles. The Labute approximate surface area is 295 Å². The Hall–Kier alpha value is -4.93. The van der Waals surface area contributed by atoms with Crippen LogP contribution in [-0.4, -0.2) is 53.9 Å². The highest BCUT2D eigenvalue weighted by atomic mass is 16.5. The van der Waals surface area contributed by atoms with Gasteiger partial charge in [0.15, 0.2) is 23.0 Å². The number of anilines is 1. The first-order chi connectivity index (χ1) is 24.1. The number of hydrogen-bond donors (Lipinski definition) is 3. The molecule has 11 heteroatoms. The van der Waals surface area contributed by atoms with E-state index >= 15 is 0 Å². The van der Waals surface area contributed by atoms with Crippen LogP contribution in [0.25, 0.3) is 11.1 Å². The first-order valence-corrected chi connectivity index (χ1v) is 17.1. The van der Waals surface area contributed by atoms with Crippen LogP contribution in [0.4, 0.5) is 5.69 Å². The maximum atomic E-state index is 13.6. The number of aryl methyl sites for hydroxylation is 1. The predicted octanol–water partition coefficient (Wildman–Crippen LogP) is 6.37. The Morgan fingerprint density at radius 3 is 2.18 bits per heavy atom. The summed E-state index contributed by atoms with van der Waals surface area (Å²) in [6.45, 7) is 6.18. The first-order valence-electron chi connectivity index (χ1n) is 17.1. The van der Waals surface area contributed by atoms with Gasteiger partial charge in [-0.05, 0) is 84.2 Å². The standard InChI is InChI=1S/C39H51N3O8/c1-23(2)37(26-14-18-32(46-4)33(21-26)47-5)42-35(45)12-10-9-11-19-40-30-17-15-27-28(22-31(30)44)29(41-24(3)43)16-13-25-20-34(48-6)38(49-7)39(50-8)36(25)27/h14-15,17-18,20-23,29,37H,9-13,16,19H2,1-8H3,(H,40,44)(H,41,43)(H,42,45)/t29-,37+/m0/s1. The van der Waals surface area contributed by atoms with Gasteiger partial charge in [-0.2, -0.15) is 0 Å². The lowest BCUT2D eigenvalue weighted by Gasteiger charge is -2.24. The quantitative estimate of drug-likeness (QED) is 0.147. The molecular weight excluding hydrogens is 638 g/mol. The zero-order valence-electron chi connectivity index (χ0n) is 30.5. The van der Waals surface area contributed by atoms with E-state index in [9.17, 15) is 14.4 Å². The van der Waals surface area contributed by atoms with E-state index < -0.39 is 0 Å². The number of nitrogens with one attached hydrogen (secondary N) is 3. The number of benzene rings is 2. The van der Waals surface area contributed by atoms with Crippen molar-refractivity contribution < 1.29 is 33.3 Å². The van der Waals surface area contributed by atoms with E-state index in [0.717, 1.165) is 35.1 Å². The molecule has 270 valence electrons. The van der Waals surface area contributed by atoms with Crippen molar-refractivity contribution in [3.63, 3.8) is 0 Å². The van der Waals surface area contributed by atoms with Crippen LogP contribution >= 0.6 is 0 Å². The second-order valence-corrected chi connectivity index (χ2v) is 12.7. The fraction of sp³-hybridized carbons (Fsp3) is 0.462. The van der Waals surface area contributed by atoms with E-state index in [1.165, 1.54) is 6.92 Å². The maximum absolute atomic E-state index is 13.6. The highest BCUT2D eigenvalue weighted by molar-refractivity contribution is 5.84. The third-order valence-electron chi connectivity index (χ3n) is 9.06. The number of amides is 2. The molecule has 2 amide bonds. The lowest BCUT2D eigenvalue weighted by molar-refractivity contribution is -0.122. The Bertz CT molecular complexity index is 1720. The third-order valence-corrected chi connectivity index (χ3v) is 9.06. The molecule has 1 aliphatic carbocycles. The monoisotopic (exact) mass is 689 g/mol. The molecule has 4 rings (SSSR count). The second kappa shape index (κ2) is 17.6. The summed E-state index contributed by atoms with van der Waals surface area (Å²) in [5.74, 6) is 2.77. The largest absolute Gasteiger partial charge is 0.493 e. The summed E-state index contributed by atoms with van der Waals surface area (Å²) in [6.07, 6.45) is 3.91. The number of ether oxygens (including phenoxy) is 5. The van der Waals surface area contributed by atoms with E-state index in [2.05, 4.69) is 29.8 Å². The van der Waals surface area contributed by atoms with E-state index in [-0.39, 0.29) is 35.2 Å². The van der Waals surface area contributed by atoms with Gasteiger partial charge in [-0.25, -0.2) is 0 Å². The van der Waals surface area contributed by atoms with Crippen molar-refractivity contribution in [1.82, 2.24) is 10.6 Å². The molecule has 0 radical (unpaired) electrons. The highest BCUT2D eigenvalue weighted by Gasteiger charge is 2.29. The molecule has 0 aromatic heterocycles. The average molecular weight is 690 g/mol. The van der Waals surface area contributed by atoms with Crippen LogP contribution in [0.1, 0.15) is 81.6 Å². The lowest BCUT2D eigenvalue weighted by Crippen LogP contribution is -2.31. The molecule has 50 heavy (non-hydrogen) atoms. The molecule has 0 unspecified atom stereocenters. The van der Waals surface area contributed by atoms with Crippen LogP contribution in [-0.2, 0) is 16.0 Å². The number of hydrogen-bond acceptors (Lipinski definition) is 9. The molecule has 0 saturated heterocycles. The minimum Gasteiger partial charge on any atom is -0.493 e. The maximum Gasteiger partial charge on any atom is 0.220 e. The van der Waals surface area contributed by atoms with Crippen molar-refractivity contribution in [2.24, 2.45) is 5.92 Å². The van der Waals surface area contributed by atoms with Gasteiger partial charge in [-0.15, -0.1) is 0 Å². The Morgan fingerprint density at radius 1 is 0.820 bits per heavy atom. The fourth-order valence-corrected chi connectivity index (χ4v) is 6.59. The molecule has 0 fully saturated rings. The molecule has 11 nitrogen and oxygen atoms in total. The number of fused-ring (bicyclic) bond motifs is 3. The molecular formula is C39H51N3O8. The topological polar surface area (TPSA) is 133 Å². The van der Waals surface area contributed by atoms with Gasteiger partial charge in [0.25, 0.3) is 0 Å². The van der Waals surface area contributed by atoms with Gasteiger partial charge in [0.2, 0.25) is 23.0 Å². The summed E-state index contributed by atoms with van der Waals surface area (Å²) < 4.78 is 28.0. The van der Waals surface area contributed by atoms with E-state index in [4.69, 9.17) is 23.7 Å². The summed E-state index contributed by atoms with van der Waals surface area (Å²) >= 11 is 0. The van der Waals surface area contributed by atoms with Crippen molar-refractivity contribution in [2.45, 2.75) is 71.4 Å². The summed E-state index contributed by atoms with van der Waals surface area (Å²) in [6, 6.07) is 12.4. The van der Waals surface area contributed by atoms with Crippen molar-refractivity contribution in [3.05, 3.63) is 69.4 Å². The number of rotatable bonds is 16. The van der Waals surface area contributed by atoms with E-state index in [1.54, 1.807) is 47.7 Å². The van der Waals surface area contributed by atoms with Crippen molar-refractivity contribution in [3.8, 4) is 39.9 Å². The minimum atomic E-state index is -0.377. The van der Waals surface area contributed by atoms with Gasteiger partial charge in [0, 0.05) is 25.5 Å². The summed E-state index contributed by atoms with van der Waals surface area (Å²) in [7, 11) is 7.91. The molecule has 2 atom stereocenters. The van der Waals surface area contributed by atoms with Crippen molar-refractivity contribution >= 4 is 17.5 Å². The van der Waals surface area contributed by atoms with Gasteiger partial charge in [-0.3, -0.25) is 14.4 Å². The SMILES string of the molecule is COc1ccc([C@H](NC(=O)CCCCCNc2ccc3c(cc2=O)[C@@H](NC(C)=O)CCc2cc(OC)c(OC)c(OC)c2-3)C(C)C)cc1OC. The van der Waals surface area contributed by atoms with Gasteiger partial charge in [0.05, 0.1) is 53.3 Å². The minimum absolute atomic E-state index is 0.0106. The zero-order chi connectivity index (χ0) is 36.4. The Kier molecular flexibility index (Phi) is 13.4. The van der Waals surface area contributed by atoms with Gasteiger partial charge in [0.1, 0.15) is 0 Å². The van der Waals surface area contributed by atoms with Gasteiger partial charge >= 0.3 is 0 Å². The molecule has 0 spiro atoms. The predicted molar refractivity (Wildman–Crippen MR) is 195 cm³/mol. The first kappa shape index (κ1) is 37.9. The molecule has 0 heterocycles. The van der Waals surface area contributed by atoms with Gasteiger partial charge in [-0.1, -0.05) is 32.4 Å². The summed E-state index contributed by atoms with van der Waals surface area (Å²) in [5, 5.41) is 9.52. The normalized spacial score (nSPS) is 14.0. The smallest absolute Gasteiger partial charge is 0.220 e. The molecule has 0 bridgehead atoms. The number of unbranched alkanes of at least 4 members (excludes halogenated alkanes) is 2. The molecule has 1 aliphatic rings. The van der Waals surface area contributed by atoms with Crippen LogP contribution in [0.5, 0.6) is 28.7 Å². The van der Waals surface area contributed by atoms with E-state index in [0.29, 0.717) is 72.2 Å². The summed E-state index contributed by atoms with van der Waals surface area (Å²) in [5.41, 5.74) is 4.49. The van der Waals surface area contributed by atoms with Crippen molar-refractivity contribution in [2.75, 3.05) is 47.4 Å². The van der Waals surface area contributed by atoms with Crippen LogP contribution < -0.4 is 45.1 Å². The molecule has 3 N–H and O–H groups in total. The van der Waals surface area contributed by atoms with Crippen LogP contribution in [0, 0.1) is 5.92 Å². The average Bonchev–Trinajstić information content (AvgIpc) is 3.35. The van der Waals surface area contributed by atoms with Crippen molar-refractivity contribution in [1.29, 1.82) is 0 Å². The summed E-state index contributed by atoms with van der Waals surface area (Å²) in [4.78, 5) is 38.7. The highest BCUT2D eigenvalue weighted by Crippen LogP contribution is 2.50. The lowest BCUT2D eigenvalue weighted by atomic mass is 9.95. The van der Waals surface area contributed by atoms with Crippen LogP contribution in [0.2, 0.25) is 0 Å². The number of carbonyl (C=O) groups is 2. The molecule has 3 aromatic rings. The number of methoxy groups -OCH3 is 5. The Balaban J connectivity index is 1.44. The van der Waals surface area contributed by atoms with Crippen LogP contribution in [0.15, 0.2) is 47.3 Å². The number of carbonyl (C=O) groups excluding carboxylic acids is 2. The zero-order valence-corrected chi connectivity index (χ0v) is 30.5.